The van der Waals surface area contributed by atoms with Crippen LogP contribution in [-0.4, -0.2) is 49.3 Å². The van der Waals surface area contributed by atoms with E-state index in [0.717, 1.165) is 44.9 Å². The zero-order valence-corrected chi connectivity index (χ0v) is 32.6. The summed E-state index contributed by atoms with van der Waals surface area (Å²) in [4.78, 5) is 34.7. The Morgan fingerprint density at radius 3 is 1.47 bits per heavy atom. The van der Waals surface area contributed by atoms with Gasteiger partial charge in [-0.25, -0.2) is 4.57 Å². The summed E-state index contributed by atoms with van der Waals surface area (Å²) in [6, 6.07) is 0. The van der Waals surface area contributed by atoms with Gasteiger partial charge in [-0.2, -0.15) is 0 Å². The summed E-state index contributed by atoms with van der Waals surface area (Å²) in [7, 11) is -4.37. The van der Waals surface area contributed by atoms with Crippen LogP contribution in [-0.2, 0) is 32.7 Å². The first-order valence-electron chi connectivity index (χ1n) is 20.2. The topological polar surface area (TPSA) is 134 Å². The van der Waals surface area contributed by atoms with Crippen LogP contribution in [0.5, 0.6) is 0 Å². The standard InChI is InChI=1S/C39H76NO8P/c1-3-5-7-9-11-13-15-17-18-20-21-23-25-27-29-31-38(41)45-35-37(36-47-49(43,44)46-34-33-40)48-39(42)32-30-28-26-24-22-19-16-14-12-10-8-6-4-2/h13,15,37H,3-12,14,16-36,40H2,1-2H3,(H,43,44). The number of esters is 2. The lowest BCUT2D eigenvalue weighted by Gasteiger charge is -2.19. The van der Waals surface area contributed by atoms with Crippen molar-refractivity contribution >= 4 is 19.8 Å². The molecule has 0 heterocycles. The van der Waals surface area contributed by atoms with Crippen molar-refractivity contribution in [3.63, 3.8) is 0 Å². The van der Waals surface area contributed by atoms with Crippen LogP contribution in [0.2, 0.25) is 0 Å². The highest BCUT2D eigenvalue weighted by Crippen LogP contribution is 2.43. The van der Waals surface area contributed by atoms with Gasteiger partial charge in [0.05, 0.1) is 13.2 Å². The summed E-state index contributed by atoms with van der Waals surface area (Å²) in [5.41, 5.74) is 5.33. The lowest BCUT2D eigenvalue weighted by atomic mass is 10.0. The summed E-state index contributed by atoms with van der Waals surface area (Å²) in [6.45, 7) is 3.72. The molecule has 0 aliphatic heterocycles. The Labute approximate surface area is 300 Å². The second-order valence-corrected chi connectivity index (χ2v) is 15.0. The Bertz CT molecular complexity index is 825. The van der Waals surface area contributed by atoms with E-state index in [9.17, 15) is 19.0 Å². The number of hydrogen-bond donors (Lipinski definition) is 2. The number of unbranched alkanes of at least 4 members (excludes halogenated alkanes) is 23. The van der Waals surface area contributed by atoms with E-state index in [4.69, 9.17) is 24.3 Å². The van der Waals surface area contributed by atoms with Crippen molar-refractivity contribution in [3.8, 4) is 0 Å². The van der Waals surface area contributed by atoms with Crippen molar-refractivity contribution in [2.75, 3.05) is 26.4 Å². The maximum atomic E-state index is 12.5. The zero-order chi connectivity index (χ0) is 36.1. The van der Waals surface area contributed by atoms with Crippen LogP contribution >= 0.6 is 7.82 Å². The van der Waals surface area contributed by atoms with Crippen LogP contribution < -0.4 is 5.73 Å². The Balaban J connectivity index is 4.17. The molecule has 0 saturated carbocycles. The van der Waals surface area contributed by atoms with Gasteiger partial charge >= 0.3 is 19.8 Å². The van der Waals surface area contributed by atoms with Crippen LogP contribution in [0.3, 0.4) is 0 Å². The molecule has 3 N–H and O–H groups in total. The van der Waals surface area contributed by atoms with Gasteiger partial charge in [0.25, 0.3) is 0 Å². The number of phosphoric acid groups is 1. The first-order chi connectivity index (χ1) is 23.8. The predicted octanol–water partition coefficient (Wildman–Crippen LogP) is 11.1. The lowest BCUT2D eigenvalue weighted by Crippen LogP contribution is -2.29. The molecule has 49 heavy (non-hydrogen) atoms. The molecule has 0 fully saturated rings. The number of phosphoric ester groups is 1. The molecule has 0 spiro atoms. The number of carbonyl (C=O) groups excluding carboxylic acids is 2. The Kier molecular flexibility index (Phi) is 35.6. The van der Waals surface area contributed by atoms with Crippen molar-refractivity contribution in [2.45, 2.75) is 200 Å². The fourth-order valence-electron chi connectivity index (χ4n) is 5.63. The molecule has 2 atom stereocenters. The molecule has 0 aromatic rings. The third-order valence-electron chi connectivity index (χ3n) is 8.65. The minimum Gasteiger partial charge on any atom is -0.462 e. The molecule has 0 rings (SSSR count). The Hall–Kier alpha value is -1.25. The highest BCUT2D eigenvalue weighted by molar-refractivity contribution is 7.47. The quantitative estimate of drug-likeness (QED) is 0.0277. The van der Waals surface area contributed by atoms with Crippen molar-refractivity contribution in [1.29, 1.82) is 0 Å². The van der Waals surface area contributed by atoms with Crippen LogP contribution in [0.4, 0.5) is 0 Å². The van der Waals surface area contributed by atoms with E-state index >= 15 is 0 Å². The fourth-order valence-corrected chi connectivity index (χ4v) is 6.39. The van der Waals surface area contributed by atoms with Gasteiger partial charge in [0.1, 0.15) is 6.61 Å². The number of hydrogen-bond acceptors (Lipinski definition) is 8. The molecule has 290 valence electrons. The molecule has 0 saturated heterocycles. The van der Waals surface area contributed by atoms with Crippen LogP contribution in [0.15, 0.2) is 12.2 Å². The van der Waals surface area contributed by atoms with Crippen molar-refractivity contribution in [2.24, 2.45) is 5.73 Å². The third kappa shape index (κ3) is 36.3. The molecule has 9 nitrogen and oxygen atoms in total. The molecule has 10 heteroatoms. The minimum absolute atomic E-state index is 0.0555. The summed E-state index contributed by atoms with van der Waals surface area (Å²) in [5, 5.41) is 0. The van der Waals surface area contributed by atoms with Gasteiger partial charge in [0, 0.05) is 19.4 Å². The Morgan fingerprint density at radius 2 is 1.00 bits per heavy atom. The third-order valence-corrected chi connectivity index (χ3v) is 9.64. The molecular weight excluding hydrogens is 641 g/mol. The van der Waals surface area contributed by atoms with Crippen LogP contribution in [0, 0.1) is 0 Å². The molecule has 0 bridgehead atoms. The van der Waals surface area contributed by atoms with Gasteiger partial charge in [-0.05, 0) is 38.5 Å². The maximum absolute atomic E-state index is 12.5. The monoisotopic (exact) mass is 718 g/mol. The molecule has 2 unspecified atom stereocenters. The average molecular weight is 718 g/mol. The number of rotatable bonds is 38. The maximum Gasteiger partial charge on any atom is 0.472 e. The van der Waals surface area contributed by atoms with E-state index in [1.54, 1.807) is 0 Å². The van der Waals surface area contributed by atoms with Gasteiger partial charge in [0.15, 0.2) is 6.10 Å². The molecule has 0 aliphatic carbocycles. The fraction of sp³-hybridized carbons (Fsp3) is 0.897. The first-order valence-corrected chi connectivity index (χ1v) is 21.7. The first kappa shape index (κ1) is 47.8. The number of nitrogens with two attached hydrogens (primary N) is 1. The normalized spacial score (nSPS) is 13.5. The second-order valence-electron chi connectivity index (χ2n) is 13.5. The second kappa shape index (κ2) is 36.5. The molecule has 0 aromatic carbocycles. The summed E-state index contributed by atoms with van der Waals surface area (Å²) in [6.07, 6.45) is 35.2. The van der Waals surface area contributed by atoms with E-state index in [1.165, 1.54) is 116 Å². The summed E-state index contributed by atoms with van der Waals surface area (Å²) in [5.74, 6) is -0.826. The molecule has 0 radical (unpaired) electrons. The average Bonchev–Trinajstić information content (AvgIpc) is 3.08. The molecular formula is C39H76NO8P. The highest BCUT2D eigenvalue weighted by atomic mass is 31.2. The van der Waals surface area contributed by atoms with Crippen molar-refractivity contribution in [1.82, 2.24) is 0 Å². The lowest BCUT2D eigenvalue weighted by molar-refractivity contribution is -0.161. The van der Waals surface area contributed by atoms with E-state index in [1.807, 2.05) is 0 Å². The SMILES string of the molecule is CCCCCCC=CCCCCCCCCCC(=O)OCC(COP(=O)(O)OCCN)OC(=O)CCCCCCCCCCCCCCC. The van der Waals surface area contributed by atoms with E-state index < -0.39 is 26.5 Å². The van der Waals surface area contributed by atoms with Gasteiger partial charge < -0.3 is 20.1 Å². The number of carbonyl (C=O) groups is 2. The summed E-state index contributed by atoms with van der Waals surface area (Å²) >= 11 is 0. The largest absolute Gasteiger partial charge is 0.472 e. The Morgan fingerprint density at radius 1 is 0.592 bits per heavy atom. The van der Waals surface area contributed by atoms with Crippen LogP contribution in [0.1, 0.15) is 194 Å². The smallest absolute Gasteiger partial charge is 0.462 e. The van der Waals surface area contributed by atoms with Gasteiger partial charge in [-0.3, -0.25) is 18.6 Å². The molecule has 0 amide bonds. The summed E-state index contributed by atoms with van der Waals surface area (Å²) < 4.78 is 32.7. The van der Waals surface area contributed by atoms with Gasteiger partial charge in [-0.1, -0.05) is 154 Å². The van der Waals surface area contributed by atoms with Crippen molar-refractivity contribution in [3.05, 3.63) is 12.2 Å². The van der Waals surface area contributed by atoms with Crippen LogP contribution in [0.25, 0.3) is 0 Å². The van der Waals surface area contributed by atoms with E-state index in [-0.39, 0.29) is 38.6 Å². The van der Waals surface area contributed by atoms with Crippen molar-refractivity contribution < 1.29 is 37.6 Å². The van der Waals surface area contributed by atoms with E-state index in [2.05, 4.69) is 26.0 Å². The number of allylic oxidation sites excluding steroid dienone is 2. The highest BCUT2D eigenvalue weighted by Gasteiger charge is 2.26. The van der Waals surface area contributed by atoms with Gasteiger partial charge in [-0.15, -0.1) is 0 Å². The van der Waals surface area contributed by atoms with E-state index in [0.29, 0.717) is 6.42 Å². The predicted molar refractivity (Wildman–Crippen MR) is 201 cm³/mol. The van der Waals surface area contributed by atoms with Gasteiger partial charge in [0.2, 0.25) is 0 Å². The zero-order valence-electron chi connectivity index (χ0n) is 31.7. The minimum atomic E-state index is -4.37. The molecule has 0 aromatic heterocycles. The molecule has 0 aliphatic rings. The number of ether oxygens (including phenoxy) is 2.